The highest BCUT2D eigenvalue weighted by atomic mass is 16.2. The minimum absolute atomic E-state index is 0.00553. The third-order valence-corrected chi connectivity index (χ3v) is 3.77. The Morgan fingerprint density at radius 1 is 1.09 bits per heavy atom. The maximum atomic E-state index is 12.6. The number of aromatic nitrogens is 1. The van der Waals surface area contributed by atoms with E-state index in [0.29, 0.717) is 6.54 Å². The van der Waals surface area contributed by atoms with Crippen molar-refractivity contribution in [1.29, 1.82) is 0 Å². The lowest BCUT2D eigenvalue weighted by Gasteiger charge is -2.24. The second kappa shape index (κ2) is 7.38. The highest BCUT2D eigenvalue weighted by molar-refractivity contribution is 5.83. The molecule has 1 heterocycles. The van der Waals surface area contributed by atoms with E-state index in [1.165, 1.54) is 5.56 Å². The van der Waals surface area contributed by atoms with Crippen LogP contribution in [0.1, 0.15) is 34.1 Å². The van der Waals surface area contributed by atoms with Crippen molar-refractivity contribution in [3.63, 3.8) is 0 Å². The fraction of sp³-hybridized carbons (Fsp3) is 0.368. The Morgan fingerprint density at radius 3 is 2.17 bits per heavy atom. The number of rotatable bonds is 5. The lowest BCUT2D eigenvalue weighted by Crippen LogP contribution is -2.36. The van der Waals surface area contributed by atoms with Gasteiger partial charge >= 0.3 is 0 Å². The van der Waals surface area contributed by atoms with Gasteiger partial charge < -0.3 is 5.32 Å². The number of benzene rings is 1. The van der Waals surface area contributed by atoms with Crippen LogP contribution in [-0.2, 0) is 11.3 Å². The molecule has 122 valence electrons. The zero-order valence-corrected chi connectivity index (χ0v) is 14.6. The number of hydrogen-bond donors (Lipinski definition) is 1. The summed E-state index contributed by atoms with van der Waals surface area (Å²) in [6, 6.07) is 11.8. The van der Waals surface area contributed by atoms with Crippen LogP contribution >= 0.6 is 0 Å². The molecule has 0 saturated heterocycles. The topological polar surface area (TPSA) is 45.2 Å². The molecule has 1 amide bonds. The van der Waals surface area contributed by atoms with Gasteiger partial charge in [0.25, 0.3) is 0 Å². The Bertz CT molecular complexity index is 657. The molecule has 23 heavy (non-hydrogen) atoms. The molecule has 4 heteroatoms. The Labute approximate surface area is 138 Å². The van der Waals surface area contributed by atoms with Gasteiger partial charge in [-0.05, 0) is 58.1 Å². The molecule has 1 aromatic heterocycles. The lowest BCUT2D eigenvalue weighted by molar-refractivity contribution is -0.125. The van der Waals surface area contributed by atoms with Gasteiger partial charge in [0.05, 0.1) is 0 Å². The fourth-order valence-electron chi connectivity index (χ4n) is 2.74. The third-order valence-electron chi connectivity index (χ3n) is 3.77. The molecule has 0 aliphatic carbocycles. The molecule has 0 aliphatic rings. The van der Waals surface area contributed by atoms with Crippen molar-refractivity contribution in [2.75, 3.05) is 14.1 Å². The van der Waals surface area contributed by atoms with Crippen molar-refractivity contribution in [3.8, 4) is 0 Å². The monoisotopic (exact) mass is 311 g/mol. The zero-order valence-electron chi connectivity index (χ0n) is 14.6. The summed E-state index contributed by atoms with van der Waals surface area (Å²) in [5, 5.41) is 3.04. The van der Waals surface area contributed by atoms with Crippen molar-refractivity contribution in [2.45, 2.75) is 33.4 Å². The normalized spacial score (nSPS) is 12.3. The summed E-state index contributed by atoms with van der Waals surface area (Å²) in [5.41, 5.74) is 5.20. The van der Waals surface area contributed by atoms with E-state index in [4.69, 9.17) is 0 Å². The first kappa shape index (κ1) is 17.2. The zero-order chi connectivity index (χ0) is 17.0. The van der Waals surface area contributed by atoms with E-state index in [2.05, 4.69) is 10.3 Å². The Morgan fingerprint density at radius 2 is 1.65 bits per heavy atom. The number of pyridine rings is 1. The van der Waals surface area contributed by atoms with Gasteiger partial charge in [-0.15, -0.1) is 0 Å². The Balaban J connectivity index is 2.11. The van der Waals surface area contributed by atoms with Crippen LogP contribution in [0.15, 0.2) is 36.4 Å². The maximum Gasteiger partial charge on any atom is 0.242 e. The van der Waals surface area contributed by atoms with E-state index in [-0.39, 0.29) is 11.9 Å². The van der Waals surface area contributed by atoms with Crippen LogP contribution in [0.25, 0.3) is 0 Å². The number of nitrogens with zero attached hydrogens (tertiary/aromatic N) is 2. The number of aryl methyl sites for hydroxylation is 3. The van der Waals surface area contributed by atoms with Crippen molar-refractivity contribution in [2.24, 2.45) is 0 Å². The minimum atomic E-state index is -0.292. The van der Waals surface area contributed by atoms with Crippen LogP contribution in [-0.4, -0.2) is 29.9 Å². The molecule has 2 aromatic rings. The first-order valence-electron chi connectivity index (χ1n) is 7.81. The third kappa shape index (κ3) is 4.63. The van der Waals surface area contributed by atoms with Crippen LogP contribution in [0.4, 0.5) is 0 Å². The number of nitrogens with one attached hydrogen (secondary N) is 1. The van der Waals surface area contributed by atoms with Gasteiger partial charge in [-0.3, -0.25) is 14.7 Å². The average Bonchev–Trinajstić information content (AvgIpc) is 2.46. The van der Waals surface area contributed by atoms with Gasteiger partial charge in [-0.2, -0.15) is 0 Å². The van der Waals surface area contributed by atoms with Crippen LogP contribution < -0.4 is 5.32 Å². The highest BCUT2D eigenvalue weighted by Crippen LogP contribution is 2.19. The van der Waals surface area contributed by atoms with Crippen LogP contribution in [0, 0.1) is 20.8 Å². The number of carbonyl (C=O) groups excluding carboxylic acids is 1. The standard InChI is InChI=1S/C19H25N3O/c1-13-6-8-17(9-7-13)18(22(4)5)19(23)20-12-16-10-14(2)21-15(3)11-16/h6-11,18H,12H2,1-5H3,(H,20,23)/t18-/m0/s1. The molecule has 0 fully saturated rings. The molecule has 0 spiro atoms. The molecule has 0 unspecified atom stereocenters. The molecule has 0 bridgehead atoms. The smallest absolute Gasteiger partial charge is 0.242 e. The molecule has 1 atom stereocenters. The van der Waals surface area contributed by atoms with Gasteiger partial charge in [-0.1, -0.05) is 29.8 Å². The fourth-order valence-corrected chi connectivity index (χ4v) is 2.74. The van der Waals surface area contributed by atoms with E-state index < -0.39 is 0 Å². The molecule has 1 aromatic carbocycles. The van der Waals surface area contributed by atoms with E-state index in [1.54, 1.807) is 0 Å². The Hall–Kier alpha value is -2.20. The summed E-state index contributed by atoms with van der Waals surface area (Å²) >= 11 is 0. The van der Waals surface area contributed by atoms with Gasteiger partial charge in [0.1, 0.15) is 6.04 Å². The Kier molecular flexibility index (Phi) is 5.50. The summed E-state index contributed by atoms with van der Waals surface area (Å²) in [4.78, 5) is 18.9. The molecular formula is C19H25N3O. The summed E-state index contributed by atoms with van der Waals surface area (Å²) in [5.74, 6) is 0.00553. The van der Waals surface area contributed by atoms with Gasteiger partial charge in [-0.25, -0.2) is 0 Å². The number of hydrogen-bond acceptors (Lipinski definition) is 3. The lowest BCUT2D eigenvalue weighted by atomic mass is 10.0. The minimum Gasteiger partial charge on any atom is -0.350 e. The molecule has 0 aliphatic heterocycles. The first-order chi connectivity index (χ1) is 10.9. The predicted molar refractivity (Wildman–Crippen MR) is 93.2 cm³/mol. The summed E-state index contributed by atoms with van der Waals surface area (Å²) in [7, 11) is 3.84. The van der Waals surface area contributed by atoms with E-state index >= 15 is 0 Å². The largest absolute Gasteiger partial charge is 0.350 e. The second-order valence-electron chi connectivity index (χ2n) is 6.25. The molecular weight excluding hydrogens is 286 g/mol. The molecule has 4 nitrogen and oxygen atoms in total. The van der Waals surface area contributed by atoms with Crippen molar-refractivity contribution in [1.82, 2.24) is 15.2 Å². The second-order valence-corrected chi connectivity index (χ2v) is 6.25. The summed E-state index contributed by atoms with van der Waals surface area (Å²) < 4.78 is 0. The number of carbonyl (C=O) groups is 1. The number of likely N-dealkylation sites (N-methyl/N-ethyl adjacent to an activating group) is 1. The summed E-state index contributed by atoms with van der Waals surface area (Å²) in [6.45, 7) is 6.49. The average molecular weight is 311 g/mol. The first-order valence-corrected chi connectivity index (χ1v) is 7.81. The maximum absolute atomic E-state index is 12.6. The molecule has 0 radical (unpaired) electrons. The van der Waals surface area contributed by atoms with Crippen LogP contribution in [0.2, 0.25) is 0 Å². The van der Waals surface area contributed by atoms with Crippen LogP contribution in [0.5, 0.6) is 0 Å². The van der Waals surface area contributed by atoms with Gasteiger partial charge in [0.2, 0.25) is 5.91 Å². The van der Waals surface area contributed by atoms with Crippen molar-refractivity contribution in [3.05, 3.63) is 64.5 Å². The van der Waals surface area contributed by atoms with Crippen LogP contribution in [0.3, 0.4) is 0 Å². The number of amides is 1. The van der Waals surface area contributed by atoms with Crippen molar-refractivity contribution < 1.29 is 4.79 Å². The molecule has 1 N–H and O–H groups in total. The highest BCUT2D eigenvalue weighted by Gasteiger charge is 2.22. The van der Waals surface area contributed by atoms with E-state index in [1.807, 2.05) is 76.2 Å². The van der Waals surface area contributed by atoms with E-state index in [9.17, 15) is 4.79 Å². The molecule has 2 rings (SSSR count). The van der Waals surface area contributed by atoms with Crippen molar-refractivity contribution >= 4 is 5.91 Å². The molecule has 0 saturated carbocycles. The van der Waals surface area contributed by atoms with Gasteiger partial charge in [0, 0.05) is 17.9 Å². The SMILES string of the molecule is Cc1ccc([C@@H](C(=O)NCc2cc(C)nc(C)c2)N(C)C)cc1. The van der Waals surface area contributed by atoms with E-state index in [0.717, 1.165) is 22.5 Å². The summed E-state index contributed by atoms with van der Waals surface area (Å²) in [6.07, 6.45) is 0. The predicted octanol–water partition coefficient (Wildman–Crippen LogP) is 2.93. The van der Waals surface area contributed by atoms with Gasteiger partial charge in [0.15, 0.2) is 0 Å². The quantitative estimate of drug-likeness (QED) is 0.923.